The van der Waals surface area contributed by atoms with Crippen LogP contribution in [0.4, 0.5) is 8.78 Å². The summed E-state index contributed by atoms with van der Waals surface area (Å²) in [6.07, 6.45) is -0.637. The number of alkyl halides is 1. The van der Waals surface area contributed by atoms with Crippen LogP contribution in [0, 0.1) is 6.67 Å². The van der Waals surface area contributed by atoms with Gasteiger partial charge in [-0.2, -0.15) is 0 Å². The van der Waals surface area contributed by atoms with E-state index in [2.05, 4.69) is 0 Å². The van der Waals surface area contributed by atoms with Crippen molar-refractivity contribution in [1.82, 2.24) is 0 Å². The van der Waals surface area contributed by atoms with Crippen LogP contribution in [-0.2, 0) is 0 Å². The Bertz CT molecular complexity index is 37.1. The molecule has 1 atom stereocenters. The summed E-state index contributed by atoms with van der Waals surface area (Å²) in [6, 6.07) is 0. The predicted octanol–water partition coefficient (Wildman–Crippen LogP) is 2.26. The molecule has 0 fully saturated rings. The lowest BCUT2D eigenvalue weighted by Crippen LogP contribution is -1.94. The molecule has 0 spiro atoms. The van der Waals surface area contributed by atoms with Crippen LogP contribution in [0.25, 0.3) is 0 Å². The summed E-state index contributed by atoms with van der Waals surface area (Å²) in [5.41, 5.74) is 0. The van der Waals surface area contributed by atoms with Gasteiger partial charge < -0.3 is 0 Å². The van der Waals surface area contributed by atoms with Crippen LogP contribution in [0.15, 0.2) is 0 Å². The molecule has 0 amide bonds. The summed E-state index contributed by atoms with van der Waals surface area (Å²) >= 11 is 0. The topological polar surface area (TPSA) is 0 Å². The Kier molecular flexibility index (Phi) is 3.95. The maximum absolute atomic E-state index is 11.9. The van der Waals surface area contributed by atoms with Gasteiger partial charge in [0, 0.05) is 6.42 Å². The number of rotatable bonds is 3. The van der Waals surface area contributed by atoms with Crippen LogP contribution in [0.3, 0.4) is 0 Å². The van der Waals surface area contributed by atoms with E-state index < -0.39 is 6.17 Å². The van der Waals surface area contributed by atoms with Gasteiger partial charge in [-0.25, -0.2) is 8.78 Å². The second-order valence-corrected chi connectivity index (χ2v) is 1.40. The zero-order chi connectivity index (χ0) is 5.70. The van der Waals surface area contributed by atoms with Gasteiger partial charge >= 0.3 is 0 Å². The largest absolute Gasteiger partial charge is 0.247 e. The highest BCUT2D eigenvalue weighted by molar-refractivity contribution is 4.57. The quantitative estimate of drug-likeness (QED) is 0.519. The molecule has 0 aromatic heterocycles. The minimum atomic E-state index is -0.981. The van der Waals surface area contributed by atoms with Crippen LogP contribution in [-0.4, -0.2) is 6.17 Å². The predicted molar refractivity (Wildman–Crippen MR) is 25.2 cm³/mol. The number of hydrogen-bond donors (Lipinski definition) is 0. The van der Waals surface area contributed by atoms with E-state index in [-0.39, 0.29) is 6.42 Å². The third-order valence-corrected chi connectivity index (χ3v) is 0.788. The number of halogens is 2. The second-order valence-electron chi connectivity index (χ2n) is 1.40. The molecule has 7 heavy (non-hydrogen) atoms. The maximum Gasteiger partial charge on any atom is 0.134 e. The first kappa shape index (κ1) is 6.86. The van der Waals surface area contributed by atoms with E-state index in [4.69, 9.17) is 0 Å². The monoisotopic (exact) mass is 107 g/mol. The van der Waals surface area contributed by atoms with Crippen molar-refractivity contribution < 1.29 is 8.78 Å². The lowest BCUT2D eigenvalue weighted by molar-refractivity contribution is 0.302. The van der Waals surface area contributed by atoms with Gasteiger partial charge in [-0.05, 0) is 6.42 Å². The van der Waals surface area contributed by atoms with Crippen molar-refractivity contribution in [1.29, 1.82) is 0 Å². The van der Waals surface area contributed by atoms with Crippen LogP contribution in [0.2, 0.25) is 0 Å². The van der Waals surface area contributed by atoms with Gasteiger partial charge in [0.25, 0.3) is 0 Å². The first-order valence-electron chi connectivity index (χ1n) is 2.37. The fraction of sp³-hybridized carbons (Fsp3) is 0.800. The average Bonchev–Trinajstić information content (AvgIpc) is 1.68. The molecule has 0 aromatic rings. The van der Waals surface area contributed by atoms with E-state index in [0.29, 0.717) is 13.1 Å². The second kappa shape index (κ2) is 4.03. The standard InChI is InChI=1S/C5H9F2/c1-2-5(7)3-4-6/h4-5H,2-3H2,1H3. The van der Waals surface area contributed by atoms with Gasteiger partial charge in [0.05, 0.1) is 0 Å². The lowest BCUT2D eigenvalue weighted by atomic mass is 10.2. The molecule has 0 bridgehead atoms. The zero-order valence-corrected chi connectivity index (χ0v) is 4.32. The normalized spacial score (nSPS) is 14.1. The van der Waals surface area contributed by atoms with E-state index in [0.717, 1.165) is 0 Å². The Labute approximate surface area is 42.5 Å². The summed E-state index contributed by atoms with van der Waals surface area (Å²) in [7, 11) is 0. The van der Waals surface area contributed by atoms with Crippen molar-refractivity contribution >= 4 is 0 Å². The van der Waals surface area contributed by atoms with E-state index in [1.807, 2.05) is 0 Å². The smallest absolute Gasteiger partial charge is 0.134 e. The number of hydrogen-bond acceptors (Lipinski definition) is 0. The minimum absolute atomic E-state index is 0.0590. The molecule has 43 valence electrons. The Hall–Kier alpha value is -0.140. The summed E-state index contributed by atoms with van der Waals surface area (Å²) in [4.78, 5) is 0. The average molecular weight is 107 g/mol. The van der Waals surface area contributed by atoms with Crippen LogP contribution in [0.5, 0.6) is 0 Å². The Balaban J connectivity index is 2.83. The molecule has 0 aliphatic heterocycles. The molecular weight excluding hydrogens is 98.1 g/mol. The molecule has 0 aliphatic carbocycles. The summed E-state index contributed by atoms with van der Waals surface area (Å²) in [5.74, 6) is 0. The maximum atomic E-state index is 11.9. The molecule has 0 aromatic carbocycles. The molecule has 0 heterocycles. The summed E-state index contributed by atoms with van der Waals surface area (Å²) in [6.45, 7) is 2.04. The van der Waals surface area contributed by atoms with Gasteiger partial charge in [0.1, 0.15) is 12.8 Å². The minimum Gasteiger partial charge on any atom is -0.247 e. The highest BCUT2D eigenvalue weighted by atomic mass is 19.1. The highest BCUT2D eigenvalue weighted by Gasteiger charge is 1.99. The van der Waals surface area contributed by atoms with E-state index in [9.17, 15) is 8.78 Å². The Morgan fingerprint density at radius 2 is 2.29 bits per heavy atom. The third kappa shape index (κ3) is 3.70. The van der Waals surface area contributed by atoms with Crippen LogP contribution < -0.4 is 0 Å². The Morgan fingerprint density at radius 1 is 1.71 bits per heavy atom. The first-order valence-corrected chi connectivity index (χ1v) is 2.37. The van der Waals surface area contributed by atoms with Crippen molar-refractivity contribution in [2.24, 2.45) is 0 Å². The summed E-state index contributed by atoms with van der Waals surface area (Å²) < 4.78 is 22.9. The van der Waals surface area contributed by atoms with E-state index in [1.54, 1.807) is 6.92 Å². The van der Waals surface area contributed by atoms with Crippen molar-refractivity contribution in [2.45, 2.75) is 25.9 Å². The molecule has 0 saturated heterocycles. The first-order chi connectivity index (χ1) is 3.31. The van der Waals surface area contributed by atoms with Crippen molar-refractivity contribution in [3.05, 3.63) is 6.67 Å². The van der Waals surface area contributed by atoms with Crippen molar-refractivity contribution in [3.8, 4) is 0 Å². The van der Waals surface area contributed by atoms with Gasteiger partial charge in [-0.1, -0.05) is 6.92 Å². The molecule has 0 rings (SSSR count). The van der Waals surface area contributed by atoms with Gasteiger partial charge in [-0.15, -0.1) is 0 Å². The SMILES string of the molecule is CCC(F)C[CH]F. The molecule has 0 aliphatic rings. The molecule has 0 saturated carbocycles. The zero-order valence-electron chi connectivity index (χ0n) is 4.32. The molecule has 1 unspecified atom stereocenters. The molecule has 0 N–H and O–H groups in total. The van der Waals surface area contributed by atoms with Crippen molar-refractivity contribution in [2.75, 3.05) is 0 Å². The van der Waals surface area contributed by atoms with E-state index in [1.165, 1.54) is 0 Å². The molecule has 2 heteroatoms. The van der Waals surface area contributed by atoms with E-state index >= 15 is 0 Å². The highest BCUT2D eigenvalue weighted by Crippen LogP contribution is 2.04. The molecule has 0 nitrogen and oxygen atoms in total. The fourth-order valence-electron chi connectivity index (χ4n) is 0.263. The van der Waals surface area contributed by atoms with Gasteiger partial charge in [0.2, 0.25) is 0 Å². The fourth-order valence-corrected chi connectivity index (χ4v) is 0.263. The molecular formula is C5H9F2. The summed E-state index contributed by atoms with van der Waals surface area (Å²) in [5, 5.41) is 0. The van der Waals surface area contributed by atoms with Crippen LogP contribution in [0.1, 0.15) is 19.8 Å². The Morgan fingerprint density at radius 3 is 2.43 bits per heavy atom. The van der Waals surface area contributed by atoms with Gasteiger partial charge in [-0.3, -0.25) is 0 Å². The van der Waals surface area contributed by atoms with Crippen LogP contribution >= 0.6 is 0 Å². The lowest BCUT2D eigenvalue weighted by Gasteiger charge is -1.96. The van der Waals surface area contributed by atoms with Gasteiger partial charge in [0.15, 0.2) is 0 Å². The van der Waals surface area contributed by atoms with Crippen molar-refractivity contribution in [3.63, 3.8) is 0 Å². The molecule has 1 radical (unpaired) electrons. The third-order valence-electron chi connectivity index (χ3n) is 0.788.